The van der Waals surface area contributed by atoms with Gasteiger partial charge in [0.2, 0.25) is 0 Å². The lowest BCUT2D eigenvalue weighted by Crippen LogP contribution is -2.08. The largest absolute Gasteiger partial charge is 0.464 e. The van der Waals surface area contributed by atoms with E-state index in [0.29, 0.717) is 39.1 Å². The minimum Gasteiger partial charge on any atom is -0.464 e. The molecule has 0 saturated carbocycles. The van der Waals surface area contributed by atoms with Crippen LogP contribution in [0.3, 0.4) is 0 Å². The highest BCUT2D eigenvalue weighted by Gasteiger charge is 2.23. The molecule has 10 heteroatoms. The summed E-state index contributed by atoms with van der Waals surface area (Å²) in [7, 11) is 0. The van der Waals surface area contributed by atoms with Crippen LogP contribution in [0.2, 0.25) is 0 Å². The molecule has 128 valence electrons. The van der Waals surface area contributed by atoms with Crippen LogP contribution >= 0.6 is 0 Å². The van der Waals surface area contributed by atoms with Gasteiger partial charge in [-0.2, -0.15) is 5.10 Å². The number of pyridine rings is 1. The molecule has 0 atom stereocenters. The van der Waals surface area contributed by atoms with Gasteiger partial charge in [-0.1, -0.05) is 0 Å². The summed E-state index contributed by atoms with van der Waals surface area (Å²) in [5.41, 5.74) is 2.15. The number of ketones is 1. The molecule has 0 radical (unpaired) electrons. The van der Waals surface area contributed by atoms with E-state index in [-0.39, 0.29) is 22.7 Å². The smallest absolute Gasteiger partial charge is 0.276 e. The van der Waals surface area contributed by atoms with Crippen molar-refractivity contribution >= 4 is 33.5 Å². The zero-order valence-corrected chi connectivity index (χ0v) is 13.7. The van der Waals surface area contributed by atoms with Crippen molar-refractivity contribution in [1.82, 2.24) is 35.0 Å². The van der Waals surface area contributed by atoms with E-state index in [1.807, 2.05) is 0 Å². The van der Waals surface area contributed by atoms with Gasteiger partial charge in [-0.15, -0.1) is 10.2 Å². The van der Waals surface area contributed by atoms with E-state index in [2.05, 4.69) is 30.5 Å². The maximum Gasteiger partial charge on any atom is 0.276 e. The highest BCUT2D eigenvalue weighted by molar-refractivity contribution is 6.12. The molecule has 0 amide bonds. The predicted octanol–water partition coefficient (Wildman–Crippen LogP) is 1.61. The van der Waals surface area contributed by atoms with Crippen molar-refractivity contribution in [2.75, 3.05) is 0 Å². The molecule has 0 aliphatic rings. The second-order valence-electron chi connectivity index (χ2n) is 5.90. The van der Waals surface area contributed by atoms with E-state index in [9.17, 15) is 9.59 Å². The van der Waals surface area contributed by atoms with Crippen LogP contribution in [0.25, 0.3) is 39.0 Å². The average molecular weight is 349 g/mol. The molecule has 0 aromatic carbocycles. The number of nitrogens with zero attached hydrogens (tertiary/aromatic N) is 5. The van der Waals surface area contributed by atoms with Crippen molar-refractivity contribution in [2.45, 2.75) is 13.8 Å². The van der Waals surface area contributed by atoms with Gasteiger partial charge in [0.25, 0.3) is 5.56 Å². The third-order valence-electron chi connectivity index (χ3n) is 4.35. The Kier molecular flexibility index (Phi) is 2.71. The second kappa shape index (κ2) is 4.85. The van der Waals surface area contributed by atoms with Crippen molar-refractivity contribution in [1.29, 1.82) is 0 Å². The molecule has 0 aliphatic carbocycles. The number of furan rings is 1. The molecule has 10 nitrogen and oxygen atoms in total. The second-order valence-corrected chi connectivity index (χ2v) is 5.90. The van der Waals surface area contributed by atoms with Crippen molar-refractivity contribution in [3.63, 3.8) is 0 Å². The van der Waals surface area contributed by atoms with Gasteiger partial charge >= 0.3 is 0 Å². The number of carbonyl (C=O) groups is 1. The third-order valence-corrected chi connectivity index (χ3v) is 4.35. The zero-order valence-electron chi connectivity index (χ0n) is 13.7. The Morgan fingerprint density at radius 3 is 2.85 bits per heavy atom. The lowest BCUT2D eigenvalue weighted by atomic mass is 10.1. The molecule has 0 unspecified atom stereocenters. The fraction of sp³-hybridized carbons (Fsp3) is 0.125. The number of hydrogen-bond donors (Lipinski definition) is 2. The van der Waals surface area contributed by atoms with Crippen molar-refractivity contribution < 1.29 is 9.21 Å². The standard InChI is InChI=1S/C16H11N7O3/c1-6-12(7(2)24)18-20-15-10-9(8-4-3-5-26-8)11-13(19-21-16(11)25)17-14(10)22-23(6)15/h3-5H,1-2H3,(H,21,25)(H,17,19,22). The van der Waals surface area contributed by atoms with Crippen LogP contribution in [-0.2, 0) is 0 Å². The molecular weight excluding hydrogens is 338 g/mol. The molecule has 5 aromatic rings. The fourth-order valence-corrected chi connectivity index (χ4v) is 3.20. The molecule has 0 fully saturated rings. The Morgan fingerprint density at radius 1 is 1.27 bits per heavy atom. The summed E-state index contributed by atoms with van der Waals surface area (Å²) in [6, 6.07) is 3.47. The maximum atomic E-state index is 12.3. The Morgan fingerprint density at radius 2 is 2.12 bits per heavy atom. The first-order valence-corrected chi connectivity index (χ1v) is 7.77. The summed E-state index contributed by atoms with van der Waals surface area (Å²) in [6.07, 6.45) is 1.52. The Bertz CT molecular complexity index is 1390. The number of nitrogens with one attached hydrogen (secondary N) is 2. The molecule has 0 bridgehead atoms. The summed E-state index contributed by atoms with van der Waals surface area (Å²) in [6.45, 7) is 3.18. The molecule has 2 N–H and O–H groups in total. The van der Waals surface area contributed by atoms with E-state index in [0.717, 1.165) is 0 Å². The highest BCUT2D eigenvalue weighted by atomic mass is 16.3. The van der Waals surface area contributed by atoms with Crippen LogP contribution < -0.4 is 5.56 Å². The zero-order chi connectivity index (χ0) is 18.0. The molecule has 5 rings (SSSR count). The van der Waals surface area contributed by atoms with E-state index < -0.39 is 0 Å². The summed E-state index contributed by atoms with van der Waals surface area (Å²) in [4.78, 5) is 28.5. The Balaban J connectivity index is 2.06. The van der Waals surface area contributed by atoms with Gasteiger partial charge in [-0.25, -0.2) is 14.6 Å². The highest BCUT2D eigenvalue weighted by Crippen LogP contribution is 2.34. The third kappa shape index (κ3) is 1.75. The average Bonchev–Trinajstić information content (AvgIpc) is 3.33. The van der Waals surface area contributed by atoms with Crippen molar-refractivity contribution in [2.24, 2.45) is 0 Å². The minimum atomic E-state index is -0.370. The molecule has 0 spiro atoms. The van der Waals surface area contributed by atoms with Crippen molar-refractivity contribution in [3.8, 4) is 11.3 Å². The van der Waals surface area contributed by atoms with Crippen LogP contribution in [0.4, 0.5) is 0 Å². The van der Waals surface area contributed by atoms with Crippen LogP contribution in [0.5, 0.6) is 0 Å². The number of rotatable bonds is 2. The molecule has 5 aromatic heterocycles. The van der Waals surface area contributed by atoms with E-state index in [1.165, 1.54) is 13.2 Å². The Labute approximate surface area is 143 Å². The number of H-pyrrole nitrogens is 2. The monoisotopic (exact) mass is 349 g/mol. The maximum absolute atomic E-state index is 12.3. The summed E-state index contributed by atoms with van der Waals surface area (Å²) in [5.74, 6) is 0.289. The van der Waals surface area contributed by atoms with Gasteiger partial charge in [0.15, 0.2) is 22.7 Å². The van der Waals surface area contributed by atoms with E-state index in [4.69, 9.17) is 4.42 Å². The van der Waals surface area contributed by atoms with Gasteiger partial charge in [-0.05, 0) is 19.1 Å². The fourth-order valence-electron chi connectivity index (χ4n) is 3.20. The Hall–Kier alpha value is -3.82. The van der Waals surface area contributed by atoms with Crippen molar-refractivity contribution in [3.05, 3.63) is 40.1 Å². The lowest BCUT2D eigenvalue weighted by molar-refractivity contribution is 0.101. The summed E-state index contributed by atoms with van der Waals surface area (Å²) < 4.78 is 7.16. The molecule has 5 heterocycles. The van der Waals surface area contributed by atoms with Gasteiger partial charge in [0.1, 0.15) is 11.5 Å². The van der Waals surface area contributed by atoms with Gasteiger partial charge < -0.3 is 4.42 Å². The first kappa shape index (κ1) is 14.5. The SMILES string of the molecule is CC(=O)c1nnc2c3c(-c4ccco4)c4c(=O)[nH]nc4nc3[nH]n2c1C. The van der Waals surface area contributed by atoms with Crippen LogP contribution in [-0.4, -0.2) is 40.8 Å². The first-order valence-electron chi connectivity index (χ1n) is 7.77. The number of aryl methyl sites for hydroxylation is 1. The number of aromatic amines is 2. The molecule has 0 aliphatic heterocycles. The number of fused-ring (bicyclic) bond motifs is 4. The summed E-state index contributed by atoms with van der Waals surface area (Å²) in [5, 5.41) is 18.6. The quantitative estimate of drug-likeness (QED) is 0.462. The first-order chi connectivity index (χ1) is 12.6. The summed E-state index contributed by atoms with van der Waals surface area (Å²) >= 11 is 0. The van der Waals surface area contributed by atoms with Gasteiger partial charge in [0.05, 0.1) is 22.7 Å². The van der Waals surface area contributed by atoms with Crippen LogP contribution in [0.1, 0.15) is 23.1 Å². The van der Waals surface area contributed by atoms with Gasteiger partial charge in [-0.3, -0.25) is 14.7 Å². The van der Waals surface area contributed by atoms with E-state index >= 15 is 0 Å². The minimum absolute atomic E-state index is 0.195. The van der Waals surface area contributed by atoms with Crippen LogP contribution in [0.15, 0.2) is 27.6 Å². The van der Waals surface area contributed by atoms with E-state index in [1.54, 1.807) is 23.6 Å². The van der Waals surface area contributed by atoms with Gasteiger partial charge in [0, 0.05) is 12.5 Å². The molecular formula is C16H11N7O3. The number of aromatic nitrogens is 7. The predicted molar refractivity (Wildman–Crippen MR) is 91.0 cm³/mol. The van der Waals surface area contributed by atoms with Crippen LogP contribution in [0, 0.1) is 6.92 Å². The number of hydrogen-bond acceptors (Lipinski definition) is 7. The topological polar surface area (TPSA) is 135 Å². The number of Topliss-reactive ketones (excluding diaryl/α,β-unsaturated/α-hetero) is 1. The molecule has 0 saturated heterocycles. The normalized spacial score (nSPS) is 11.8. The lowest BCUT2D eigenvalue weighted by Gasteiger charge is -2.03. The molecule has 26 heavy (non-hydrogen) atoms. The number of carbonyl (C=O) groups excluding carboxylic acids is 1.